The zero-order valence-electron chi connectivity index (χ0n) is 11.4. The number of para-hydroxylation sites is 1. The molecular weight excluding hydrogens is 266 g/mol. The zero-order valence-corrected chi connectivity index (χ0v) is 11.4. The molecule has 3 aromatic rings. The first-order valence-corrected chi connectivity index (χ1v) is 6.97. The van der Waals surface area contributed by atoms with Crippen molar-refractivity contribution in [2.75, 3.05) is 0 Å². The summed E-state index contributed by atoms with van der Waals surface area (Å²) < 4.78 is 7.31. The third-order valence-electron chi connectivity index (χ3n) is 4.01. The Morgan fingerprint density at radius 3 is 2.71 bits per heavy atom. The summed E-state index contributed by atoms with van der Waals surface area (Å²) in [6, 6.07) is 9.92. The lowest BCUT2D eigenvalue weighted by molar-refractivity contribution is 0.229. The van der Waals surface area contributed by atoms with Crippen LogP contribution in [0.1, 0.15) is 25.1 Å². The van der Waals surface area contributed by atoms with Crippen molar-refractivity contribution < 1.29 is 4.52 Å². The van der Waals surface area contributed by atoms with Gasteiger partial charge in [0, 0.05) is 5.69 Å². The third kappa shape index (κ3) is 1.95. The van der Waals surface area contributed by atoms with Gasteiger partial charge in [0.25, 0.3) is 5.89 Å². The molecule has 0 aliphatic heterocycles. The molecule has 0 unspecified atom stereocenters. The Kier molecular flexibility index (Phi) is 2.65. The standard InChI is InChI=1S/C15H15N5O/c16-15(7-4-8-15)14-18-13(21-19-14)12-9-17-10-20(12)11-5-2-1-3-6-11/h1-3,5-6,9-10H,4,7-8,16H2. The second-order valence-corrected chi connectivity index (χ2v) is 5.42. The fourth-order valence-corrected chi connectivity index (χ4v) is 2.56. The first-order valence-electron chi connectivity index (χ1n) is 6.97. The molecule has 6 heteroatoms. The van der Waals surface area contributed by atoms with Crippen molar-refractivity contribution in [1.82, 2.24) is 19.7 Å². The highest BCUT2D eigenvalue weighted by atomic mass is 16.5. The van der Waals surface area contributed by atoms with Crippen LogP contribution in [-0.2, 0) is 5.54 Å². The quantitative estimate of drug-likeness (QED) is 0.796. The van der Waals surface area contributed by atoms with Gasteiger partial charge in [-0.05, 0) is 31.4 Å². The molecule has 2 aromatic heterocycles. The molecule has 4 rings (SSSR count). The van der Waals surface area contributed by atoms with Crippen molar-refractivity contribution >= 4 is 0 Å². The van der Waals surface area contributed by atoms with Crippen LogP contribution >= 0.6 is 0 Å². The maximum absolute atomic E-state index is 6.23. The first-order chi connectivity index (χ1) is 10.3. The van der Waals surface area contributed by atoms with Gasteiger partial charge in [-0.25, -0.2) is 4.98 Å². The van der Waals surface area contributed by atoms with Crippen molar-refractivity contribution in [3.05, 3.63) is 48.7 Å². The Balaban J connectivity index is 1.74. The monoisotopic (exact) mass is 281 g/mol. The van der Waals surface area contributed by atoms with Crippen molar-refractivity contribution in [2.45, 2.75) is 24.8 Å². The maximum atomic E-state index is 6.23. The minimum Gasteiger partial charge on any atom is -0.332 e. The Morgan fingerprint density at radius 1 is 1.19 bits per heavy atom. The summed E-state index contributed by atoms with van der Waals surface area (Å²) in [6.07, 6.45) is 6.38. The number of aromatic nitrogens is 4. The van der Waals surface area contributed by atoms with Crippen LogP contribution in [0, 0.1) is 0 Å². The number of imidazole rings is 1. The summed E-state index contributed by atoms with van der Waals surface area (Å²) in [5.74, 6) is 1.03. The molecule has 0 bridgehead atoms. The summed E-state index contributed by atoms with van der Waals surface area (Å²) in [6.45, 7) is 0. The summed E-state index contributed by atoms with van der Waals surface area (Å²) in [5.41, 5.74) is 7.58. The van der Waals surface area contributed by atoms with E-state index in [0.717, 1.165) is 30.6 Å². The topological polar surface area (TPSA) is 82.8 Å². The molecule has 21 heavy (non-hydrogen) atoms. The smallest absolute Gasteiger partial charge is 0.276 e. The van der Waals surface area contributed by atoms with E-state index < -0.39 is 5.54 Å². The molecule has 1 aromatic carbocycles. The minimum atomic E-state index is -0.417. The Labute approximate surface area is 121 Å². The summed E-state index contributed by atoms with van der Waals surface area (Å²) in [7, 11) is 0. The van der Waals surface area contributed by atoms with Gasteiger partial charge < -0.3 is 10.3 Å². The van der Waals surface area contributed by atoms with Crippen LogP contribution < -0.4 is 5.73 Å². The van der Waals surface area contributed by atoms with Crippen molar-refractivity contribution in [2.24, 2.45) is 5.73 Å². The Hall–Kier alpha value is -2.47. The maximum Gasteiger partial charge on any atom is 0.276 e. The summed E-state index contributed by atoms with van der Waals surface area (Å²) >= 11 is 0. The predicted molar refractivity (Wildman–Crippen MR) is 76.6 cm³/mol. The molecule has 2 heterocycles. The number of nitrogens with two attached hydrogens (primary N) is 1. The van der Waals surface area contributed by atoms with E-state index in [-0.39, 0.29) is 0 Å². The summed E-state index contributed by atoms with van der Waals surface area (Å²) in [5, 5.41) is 4.05. The van der Waals surface area contributed by atoms with Crippen LogP contribution in [0.2, 0.25) is 0 Å². The fraction of sp³-hybridized carbons (Fsp3) is 0.267. The van der Waals surface area contributed by atoms with Gasteiger partial charge in [0.05, 0.1) is 18.1 Å². The number of benzene rings is 1. The number of nitrogens with zero attached hydrogens (tertiary/aromatic N) is 4. The molecule has 1 saturated carbocycles. The Bertz CT molecular complexity index is 757. The van der Waals surface area contributed by atoms with Gasteiger partial charge in [-0.1, -0.05) is 23.4 Å². The van der Waals surface area contributed by atoms with E-state index in [1.165, 1.54) is 0 Å². The number of hydrogen-bond donors (Lipinski definition) is 1. The molecule has 6 nitrogen and oxygen atoms in total. The molecule has 2 N–H and O–H groups in total. The van der Waals surface area contributed by atoms with E-state index in [1.807, 2.05) is 34.9 Å². The van der Waals surface area contributed by atoms with Crippen LogP contribution in [-0.4, -0.2) is 19.7 Å². The molecule has 1 fully saturated rings. The zero-order chi connectivity index (χ0) is 14.3. The molecule has 1 aliphatic rings. The molecule has 0 saturated heterocycles. The van der Waals surface area contributed by atoms with Gasteiger partial charge >= 0.3 is 0 Å². The lowest BCUT2D eigenvalue weighted by Gasteiger charge is -2.34. The van der Waals surface area contributed by atoms with Gasteiger partial charge in [0.2, 0.25) is 0 Å². The Morgan fingerprint density at radius 2 is 2.00 bits per heavy atom. The van der Waals surface area contributed by atoms with Crippen molar-refractivity contribution in [3.63, 3.8) is 0 Å². The van der Waals surface area contributed by atoms with E-state index >= 15 is 0 Å². The normalized spacial score (nSPS) is 16.6. The van der Waals surface area contributed by atoms with Gasteiger partial charge in [0.1, 0.15) is 5.69 Å². The number of rotatable bonds is 3. The number of hydrogen-bond acceptors (Lipinski definition) is 5. The second kappa shape index (κ2) is 4.53. The van der Waals surface area contributed by atoms with E-state index in [4.69, 9.17) is 10.3 Å². The molecule has 1 aliphatic carbocycles. The van der Waals surface area contributed by atoms with E-state index in [1.54, 1.807) is 12.5 Å². The van der Waals surface area contributed by atoms with Crippen LogP contribution in [0.15, 0.2) is 47.4 Å². The van der Waals surface area contributed by atoms with Crippen LogP contribution in [0.25, 0.3) is 17.3 Å². The largest absolute Gasteiger partial charge is 0.332 e. The minimum absolute atomic E-state index is 0.417. The van der Waals surface area contributed by atoms with Crippen LogP contribution in [0.3, 0.4) is 0 Å². The SMILES string of the molecule is NC1(c2noc(-c3cncn3-c3ccccc3)n2)CCC1. The first kappa shape index (κ1) is 12.3. The van der Waals surface area contributed by atoms with Crippen molar-refractivity contribution in [1.29, 1.82) is 0 Å². The van der Waals surface area contributed by atoms with Gasteiger partial charge in [-0.15, -0.1) is 0 Å². The molecular formula is C15H15N5O. The highest BCUT2D eigenvalue weighted by molar-refractivity contribution is 5.51. The van der Waals surface area contributed by atoms with Gasteiger partial charge in [0.15, 0.2) is 5.82 Å². The molecule has 0 amide bonds. The average molecular weight is 281 g/mol. The van der Waals surface area contributed by atoms with Crippen LogP contribution in [0.4, 0.5) is 0 Å². The third-order valence-corrected chi connectivity index (χ3v) is 4.01. The highest BCUT2D eigenvalue weighted by Crippen LogP contribution is 2.37. The average Bonchev–Trinajstić information content (AvgIpc) is 3.14. The van der Waals surface area contributed by atoms with Gasteiger partial charge in [-0.2, -0.15) is 4.98 Å². The lowest BCUT2D eigenvalue weighted by atomic mass is 9.77. The summed E-state index contributed by atoms with van der Waals surface area (Å²) in [4.78, 5) is 8.65. The second-order valence-electron chi connectivity index (χ2n) is 5.42. The van der Waals surface area contributed by atoms with E-state index in [9.17, 15) is 0 Å². The van der Waals surface area contributed by atoms with Crippen molar-refractivity contribution in [3.8, 4) is 17.3 Å². The lowest BCUT2D eigenvalue weighted by Crippen LogP contribution is -2.44. The highest BCUT2D eigenvalue weighted by Gasteiger charge is 2.39. The van der Waals surface area contributed by atoms with E-state index in [2.05, 4.69) is 15.1 Å². The molecule has 0 spiro atoms. The van der Waals surface area contributed by atoms with E-state index in [0.29, 0.717) is 11.7 Å². The van der Waals surface area contributed by atoms with Crippen LogP contribution in [0.5, 0.6) is 0 Å². The van der Waals surface area contributed by atoms with Gasteiger partial charge in [-0.3, -0.25) is 4.57 Å². The fourth-order valence-electron chi connectivity index (χ4n) is 2.56. The molecule has 106 valence electrons. The predicted octanol–water partition coefficient (Wildman–Crippen LogP) is 2.26. The molecule has 0 radical (unpaired) electrons. The molecule has 0 atom stereocenters.